The van der Waals surface area contributed by atoms with Crippen LogP contribution in [-0.4, -0.2) is 11.3 Å². The van der Waals surface area contributed by atoms with Crippen LogP contribution in [0.2, 0.25) is 0 Å². The Hall–Kier alpha value is 0.0500. The Morgan fingerprint density at radius 3 is 2.35 bits per heavy atom. The van der Waals surface area contributed by atoms with Gasteiger partial charge in [-0.1, -0.05) is 52.2 Å². The number of nitrogens with two attached hydrogens (primary N) is 1. The molecule has 0 spiro atoms. The highest BCUT2D eigenvalue weighted by atomic mass is 32.1. The predicted molar refractivity (Wildman–Crippen MR) is 82.7 cm³/mol. The van der Waals surface area contributed by atoms with E-state index in [0.29, 0.717) is 11.2 Å². The highest BCUT2D eigenvalue weighted by Crippen LogP contribution is 2.26. The molecular formula is C15H31NS. The predicted octanol–water partition coefficient (Wildman–Crippen LogP) is 4.43. The molecule has 0 heterocycles. The smallest absolute Gasteiger partial charge is 0.0223 e. The van der Waals surface area contributed by atoms with E-state index in [0.717, 1.165) is 12.3 Å². The van der Waals surface area contributed by atoms with E-state index in [4.69, 9.17) is 18.4 Å². The van der Waals surface area contributed by atoms with Crippen molar-refractivity contribution >= 4 is 12.6 Å². The zero-order valence-electron chi connectivity index (χ0n) is 12.2. The highest BCUT2D eigenvalue weighted by Gasteiger charge is 2.17. The van der Waals surface area contributed by atoms with E-state index in [-0.39, 0.29) is 6.04 Å². The van der Waals surface area contributed by atoms with Crippen LogP contribution >= 0.6 is 12.6 Å². The third-order valence-electron chi connectivity index (χ3n) is 3.67. The summed E-state index contributed by atoms with van der Waals surface area (Å²) >= 11 is 4.77. The van der Waals surface area contributed by atoms with Gasteiger partial charge in [0.2, 0.25) is 0 Å². The fourth-order valence-corrected chi connectivity index (χ4v) is 2.73. The fourth-order valence-electron chi connectivity index (χ4n) is 2.14. The van der Waals surface area contributed by atoms with Gasteiger partial charge in [-0.2, -0.15) is 12.6 Å². The van der Waals surface area contributed by atoms with Crippen LogP contribution in [0.3, 0.4) is 0 Å². The number of hydrogen-bond donors (Lipinski definition) is 2. The fraction of sp³-hybridized carbons (Fsp3) is 0.867. The average molecular weight is 257 g/mol. The molecule has 4 atom stereocenters. The summed E-state index contributed by atoms with van der Waals surface area (Å²) in [5, 5.41) is 0.455. The minimum atomic E-state index is 0.200. The second-order valence-electron chi connectivity index (χ2n) is 5.47. The van der Waals surface area contributed by atoms with Crippen molar-refractivity contribution in [2.75, 3.05) is 0 Å². The Labute approximate surface area is 114 Å². The molecular weight excluding hydrogens is 226 g/mol. The van der Waals surface area contributed by atoms with Crippen molar-refractivity contribution in [3.8, 4) is 0 Å². The standard InChI is InChI=1S/C15H31NS/c1-6-8-11(3)9-15(17)13(5)12(4)10-14(16)7-2/h10-11,13-15,17H,6-9,16H2,1-5H3/b12-10-. The van der Waals surface area contributed by atoms with Crippen molar-refractivity contribution < 1.29 is 0 Å². The molecule has 0 aliphatic rings. The summed E-state index contributed by atoms with van der Waals surface area (Å²) in [4.78, 5) is 0. The lowest BCUT2D eigenvalue weighted by atomic mass is 9.89. The number of allylic oxidation sites excluding steroid dienone is 1. The Kier molecular flexibility index (Phi) is 9.07. The summed E-state index contributed by atoms with van der Waals surface area (Å²) in [6.07, 6.45) is 6.99. The summed E-state index contributed by atoms with van der Waals surface area (Å²) in [5.41, 5.74) is 7.35. The monoisotopic (exact) mass is 257 g/mol. The summed E-state index contributed by atoms with van der Waals surface area (Å²) in [7, 11) is 0. The quantitative estimate of drug-likeness (QED) is 0.488. The third-order valence-corrected chi connectivity index (χ3v) is 4.33. The first-order valence-corrected chi connectivity index (χ1v) is 7.55. The summed E-state index contributed by atoms with van der Waals surface area (Å²) in [5.74, 6) is 1.30. The molecule has 0 amide bonds. The van der Waals surface area contributed by atoms with Gasteiger partial charge in [-0.3, -0.25) is 0 Å². The number of hydrogen-bond acceptors (Lipinski definition) is 2. The second-order valence-corrected chi connectivity index (χ2v) is 6.13. The maximum Gasteiger partial charge on any atom is 0.0223 e. The van der Waals surface area contributed by atoms with Crippen LogP contribution in [0.15, 0.2) is 11.6 Å². The zero-order chi connectivity index (χ0) is 13.4. The molecule has 0 aromatic rings. The van der Waals surface area contributed by atoms with Gasteiger partial charge in [0.05, 0.1) is 0 Å². The normalized spacial score (nSPS) is 19.8. The first kappa shape index (κ1) is 17.1. The largest absolute Gasteiger partial charge is 0.324 e. The van der Waals surface area contributed by atoms with Crippen LogP contribution in [0.4, 0.5) is 0 Å². The van der Waals surface area contributed by atoms with E-state index < -0.39 is 0 Å². The zero-order valence-corrected chi connectivity index (χ0v) is 13.1. The van der Waals surface area contributed by atoms with Crippen molar-refractivity contribution in [1.82, 2.24) is 0 Å². The molecule has 2 heteroatoms. The molecule has 0 bridgehead atoms. The van der Waals surface area contributed by atoms with E-state index in [1.807, 2.05) is 0 Å². The third kappa shape index (κ3) is 7.15. The van der Waals surface area contributed by atoms with Gasteiger partial charge >= 0.3 is 0 Å². The lowest BCUT2D eigenvalue weighted by molar-refractivity contribution is 0.443. The van der Waals surface area contributed by atoms with Crippen LogP contribution < -0.4 is 5.73 Å². The molecule has 2 N–H and O–H groups in total. The van der Waals surface area contributed by atoms with E-state index >= 15 is 0 Å². The SMILES string of the molecule is CCCC(C)CC(S)C(C)/C(C)=C\C(N)CC. The Bertz CT molecular complexity index is 225. The second kappa shape index (κ2) is 9.04. The van der Waals surface area contributed by atoms with Crippen molar-refractivity contribution in [1.29, 1.82) is 0 Å². The van der Waals surface area contributed by atoms with E-state index in [1.54, 1.807) is 0 Å². The van der Waals surface area contributed by atoms with Gasteiger partial charge in [0.25, 0.3) is 0 Å². The van der Waals surface area contributed by atoms with E-state index in [2.05, 4.69) is 40.7 Å². The molecule has 102 valence electrons. The van der Waals surface area contributed by atoms with Crippen LogP contribution in [0.25, 0.3) is 0 Å². The first-order valence-electron chi connectivity index (χ1n) is 7.04. The summed E-state index contributed by atoms with van der Waals surface area (Å²) in [6.45, 7) is 11.2. The molecule has 0 aromatic heterocycles. The Balaban J connectivity index is 4.28. The van der Waals surface area contributed by atoms with Gasteiger partial charge in [0, 0.05) is 11.3 Å². The molecule has 0 saturated heterocycles. The van der Waals surface area contributed by atoms with Crippen LogP contribution in [-0.2, 0) is 0 Å². The van der Waals surface area contributed by atoms with Gasteiger partial charge in [-0.15, -0.1) is 0 Å². The van der Waals surface area contributed by atoms with Crippen LogP contribution in [0.1, 0.15) is 60.3 Å². The lowest BCUT2D eigenvalue weighted by Crippen LogP contribution is -2.20. The average Bonchev–Trinajstić information content (AvgIpc) is 2.27. The number of rotatable bonds is 8. The minimum Gasteiger partial charge on any atom is -0.324 e. The molecule has 4 unspecified atom stereocenters. The van der Waals surface area contributed by atoms with Gasteiger partial charge in [-0.25, -0.2) is 0 Å². The minimum absolute atomic E-state index is 0.200. The van der Waals surface area contributed by atoms with Crippen molar-refractivity contribution in [3.05, 3.63) is 11.6 Å². The summed E-state index contributed by atoms with van der Waals surface area (Å²) in [6, 6.07) is 0.200. The molecule has 0 aliphatic heterocycles. The molecule has 1 nitrogen and oxygen atoms in total. The maximum atomic E-state index is 5.96. The van der Waals surface area contributed by atoms with Gasteiger partial charge in [0.15, 0.2) is 0 Å². The molecule has 0 fully saturated rings. The van der Waals surface area contributed by atoms with Gasteiger partial charge in [0.1, 0.15) is 0 Å². The highest BCUT2D eigenvalue weighted by molar-refractivity contribution is 7.81. The Morgan fingerprint density at radius 2 is 1.88 bits per heavy atom. The van der Waals surface area contributed by atoms with Gasteiger partial charge in [-0.05, 0) is 31.6 Å². The molecule has 0 rings (SSSR count). The summed E-state index contributed by atoms with van der Waals surface area (Å²) < 4.78 is 0. The van der Waals surface area contributed by atoms with Crippen molar-refractivity contribution in [3.63, 3.8) is 0 Å². The number of thiol groups is 1. The molecule has 0 aliphatic carbocycles. The van der Waals surface area contributed by atoms with Gasteiger partial charge < -0.3 is 5.73 Å². The van der Waals surface area contributed by atoms with Crippen LogP contribution in [0, 0.1) is 11.8 Å². The molecule has 0 radical (unpaired) electrons. The maximum absolute atomic E-state index is 5.96. The van der Waals surface area contributed by atoms with Crippen molar-refractivity contribution in [2.45, 2.75) is 71.6 Å². The molecule has 17 heavy (non-hydrogen) atoms. The van der Waals surface area contributed by atoms with Crippen LogP contribution in [0.5, 0.6) is 0 Å². The topological polar surface area (TPSA) is 26.0 Å². The van der Waals surface area contributed by atoms with E-state index in [9.17, 15) is 0 Å². The lowest BCUT2D eigenvalue weighted by Gasteiger charge is -2.24. The molecule has 0 aromatic carbocycles. The van der Waals surface area contributed by atoms with Crippen molar-refractivity contribution in [2.24, 2.45) is 17.6 Å². The Morgan fingerprint density at radius 1 is 1.29 bits per heavy atom. The first-order chi connectivity index (χ1) is 7.92. The molecule has 0 saturated carbocycles. The van der Waals surface area contributed by atoms with E-state index in [1.165, 1.54) is 24.8 Å².